The molecule has 2 nitrogen and oxygen atoms in total. The van der Waals surface area contributed by atoms with E-state index in [1.54, 1.807) is 11.3 Å². The lowest BCUT2D eigenvalue weighted by molar-refractivity contribution is 0.582. The van der Waals surface area contributed by atoms with Crippen molar-refractivity contribution in [1.29, 1.82) is 0 Å². The Bertz CT molecular complexity index is 552. The van der Waals surface area contributed by atoms with E-state index in [-0.39, 0.29) is 0 Å². The van der Waals surface area contributed by atoms with Crippen LogP contribution in [0.15, 0.2) is 23.6 Å². The van der Waals surface area contributed by atoms with E-state index >= 15 is 0 Å². The van der Waals surface area contributed by atoms with E-state index in [1.807, 2.05) is 18.2 Å². The molecule has 2 rings (SSSR count). The molecule has 2 aromatic rings. The predicted octanol–water partition coefficient (Wildman–Crippen LogP) is 4.54. The highest BCUT2D eigenvalue weighted by Crippen LogP contribution is 2.24. The number of nitrogens with zero attached hydrogens (tertiary/aromatic N) is 1. The van der Waals surface area contributed by atoms with Gasteiger partial charge in [0.1, 0.15) is 0 Å². The molecule has 0 saturated heterocycles. The molecule has 1 aromatic carbocycles. The quantitative estimate of drug-likeness (QED) is 0.876. The van der Waals surface area contributed by atoms with Crippen molar-refractivity contribution in [1.82, 2.24) is 10.3 Å². The van der Waals surface area contributed by atoms with Gasteiger partial charge in [-0.1, -0.05) is 43.1 Å². The van der Waals surface area contributed by atoms with Gasteiger partial charge in [-0.25, -0.2) is 4.98 Å². The van der Waals surface area contributed by atoms with Crippen molar-refractivity contribution in [2.75, 3.05) is 0 Å². The van der Waals surface area contributed by atoms with Crippen LogP contribution in [-0.4, -0.2) is 11.0 Å². The number of aromatic nitrogens is 1. The normalized spacial score (nSPS) is 11.2. The SMILES string of the molecule is CC(C)NCc1csc(Cc2ccc(Cl)c(Cl)c2)n1. The van der Waals surface area contributed by atoms with Crippen LogP contribution in [0.25, 0.3) is 0 Å². The van der Waals surface area contributed by atoms with E-state index in [4.69, 9.17) is 23.2 Å². The van der Waals surface area contributed by atoms with Gasteiger partial charge in [0.25, 0.3) is 0 Å². The topological polar surface area (TPSA) is 24.9 Å². The molecule has 1 heterocycles. The van der Waals surface area contributed by atoms with E-state index in [2.05, 4.69) is 29.5 Å². The summed E-state index contributed by atoms with van der Waals surface area (Å²) in [4.78, 5) is 4.61. The van der Waals surface area contributed by atoms with Crippen LogP contribution in [0.1, 0.15) is 30.1 Å². The van der Waals surface area contributed by atoms with Crippen LogP contribution in [0.4, 0.5) is 0 Å². The van der Waals surface area contributed by atoms with Crippen molar-refractivity contribution in [2.45, 2.75) is 32.9 Å². The Morgan fingerprint density at radius 1 is 1.26 bits per heavy atom. The minimum atomic E-state index is 0.472. The third-order valence-corrected chi connectivity index (χ3v) is 4.27. The van der Waals surface area contributed by atoms with E-state index in [0.717, 1.165) is 29.2 Å². The zero-order valence-electron chi connectivity index (χ0n) is 10.9. The summed E-state index contributed by atoms with van der Waals surface area (Å²) in [5.74, 6) is 0. The van der Waals surface area contributed by atoms with Gasteiger partial charge in [0.15, 0.2) is 0 Å². The van der Waals surface area contributed by atoms with Crippen LogP contribution in [0.3, 0.4) is 0 Å². The summed E-state index contributed by atoms with van der Waals surface area (Å²) in [5, 5.41) is 7.74. The average Bonchev–Trinajstić information content (AvgIpc) is 2.79. The molecule has 0 atom stereocenters. The maximum absolute atomic E-state index is 6.01. The Hall–Kier alpha value is -0.610. The number of benzene rings is 1. The second kappa shape index (κ2) is 6.71. The second-order valence-corrected chi connectivity index (χ2v) is 6.45. The van der Waals surface area contributed by atoms with Crippen molar-refractivity contribution >= 4 is 34.5 Å². The molecule has 0 aliphatic carbocycles. The van der Waals surface area contributed by atoms with Gasteiger partial charge in [0, 0.05) is 24.4 Å². The van der Waals surface area contributed by atoms with E-state index < -0.39 is 0 Å². The molecule has 0 radical (unpaired) electrons. The molecule has 0 amide bonds. The van der Waals surface area contributed by atoms with Gasteiger partial charge in [-0.3, -0.25) is 0 Å². The largest absolute Gasteiger partial charge is 0.309 e. The Labute approximate surface area is 127 Å². The summed E-state index contributed by atoms with van der Waals surface area (Å²) >= 11 is 13.6. The molecule has 0 fully saturated rings. The molecule has 0 aliphatic rings. The fraction of sp³-hybridized carbons (Fsp3) is 0.357. The van der Waals surface area contributed by atoms with Crippen LogP contribution in [0, 0.1) is 0 Å². The molecule has 0 aliphatic heterocycles. The van der Waals surface area contributed by atoms with Crippen LogP contribution < -0.4 is 5.32 Å². The molecule has 0 spiro atoms. The van der Waals surface area contributed by atoms with Crippen LogP contribution in [0.5, 0.6) is 0 Å². The first kappa shape index (κ1) is 14.8. The number of thiazole rings is 1. The van der Waals surface area contributed by atoms with Crippen molar-refractivity contribution < 1.29 is 0 Å². The average molecular weight is 315 g/mol. The molecule has 0 unspecified atom stereocenters. The molecule has 5 heteroatoms. The zero-order chi connectivity index (χ0) is 13.8. The van der Waals surface area contributed by atoms with Gasteiger partial charge < -0.3 is 5.32 Å². The van der Waals surface area contributed by atoms with Gasteiger partial charge in [-0.2, -0.15) is 0 Å². The highest BCUT2D eigenvalue weighted by atomic mass is 35.5. The maximum atomic E-state index is 6.01. The first-order valence-corrected chi connectivity index (χ1v) is 7.78. The summed E-state index contributed by atoms with van der Waals surface area (Å²) in [6, 6.07) is 6.19. The molecule has 1 aromatic heterocycles. The van der Waals surface area contributed by atoms with E-state index in [0.29, 0.717) is 16.1 Å². The van der Waals surface area contributed by atoms with Gasteiger partial charge in [0.2, 0.25) is 0 Å². The van der Waals surface area contributed by atoms with Crippen LogP contribution in [-0.2, 0) is 13.0 Å². The predicted molar refractivity (Wildman–Crippen MR) is 83.4 cm³/mol. The molecule has 0 bridgehead atoms. The highest BCUT2D eigenvalue weighted by Gasteiger charge is 2.05. The standard InChI is InChI=1S/C14H16Cl2N2S/c1-9(2)17-7-11-8-19-14(18-11)6-10-3-4-12(15)13(16)5-10/h3-5,8-9,17H,6-7H2,1-2H3. The molecule has 102 valence electrons. The number of nitrogens with one attached hydrogen (secondary N) is 1. The Morgan fingerprint density at radius 2 is 2.05 bits per heavy atom. The van der Waals surface area contributed by atoms with Gasteiger partial charge in [-0.15, -0.1) is 11.3 Å². The summed E-state index contributed by atoms with van der Waals surface area (Å²) in [6.07, 6.45) is 0.795. The molecular weight excluding hydrogens is 299 g/mol. The molecule has 0 saturated carbocycles. The van der Waals surface area contributed by atoms with Gasteiger partial charge in [0.05, 0.1) is 20.7 Å². The number of hydrogen-bond acceptors (Lipinski definition) is 3. The van der Waals surface area contributed by atoms with Gasteiger partial charge >= 0.3 is 0 Å². The number of halogens is 2. The van der Waals surface area contributed by atoms with Crippen molar-refractivity contribution in [3.8, 4) is 0 Å². The Balaban J connectivity index is 2.01. The lowest BCUT2D eigenvalue weighted by Crippen LogP contribution is -2.21. The van der Waals surface area contributed by atoms with Crippen LogP contribution >= 0.6 is 34.5 Å². The summed E-state index contributed by atoms with van der Waals surface area (Å²) in [5.41, 5.74) is 2.22. The molecular formula is C14H16Cl2N2S. The lowest BCUT2D eigenvalue weighted by atomic mass is 10.2. The van der Waals surface area contributed by atoms with E-state index in [9.17, 15) is 0 Å². The van der Waals surface area contributed by atoms with Gasteiger partial charge in [-0.05, 0) is 17.7 Å². The smallest absolute Gasteiger partial charge is 0.0972 e. The first-order chi connectivity index (χ1) is 9.04. The zero-order valence-corrected chi connectivity index (χ0v) is 13.2. The third kappa shape index (κ3) is 4.46. The summed E-state index contributed by atoms with van der Waals surface area (Å²) in [7, 11) is 0. The minimum absolute atomic E-state index is 0.472. The minimum Gasteiger partial charge on any atom is -0.309 e. The van der Waals surface area contributed by atoms with Crippen molar-refractivity contribution in [3.05, 3.63) is 49.9 Å². The van der Waals surface area contributed by atoms with Crippen molar-refractivity contribution in [2.24, 2.45) is 0 Å². The molecule has 1 N–H and O–H groups in total. The van der Waals surface area contributed by atoms with Crippen LogP contribution in [0.2, 0.25) is 10.0 Å². The fourth-order valence-electron chi connectivity index (χ4n) is 1.64. The maximum Gasteiger partial charge on any atom is 0.0972 e. The highest BCUT2D eigenvalue weighted by molar-refractivity contribution is 7.09. The summed E-state index contributed by atoms with van der Waals surface area (Å²) in [6.45, 7) is 5.07. The Kier molecular flexibility index (Phi) is 5.22. The number of hydrogen-bond donors (Lipinski definition) is 1. The molecule has 19 heavy (non-hydrogen) atoms. The number of rotatable bonds is 5. The summed E-state index contributed by atoms with van der Waals surface area (Å²) < 4.78 is 0. The van der Waals surface area contributed by atoms with E-state index in [1.165, 1.54) is 0 Å². The first-order valence-electron chi connectivity index (χ1n) is 6.15. The monoisotopic (exact) mass is 314 g/mol. The third-order valence-electron chi connectivity index (χ3n) is 2.63. The van der Waals surface area contributed by atoms with Crippen molar-refractivity contribution in [3.63, 3.8) is 0 Å². The lowest BCUT2D eigenvalue weighted by Gasteiger charge is -2.04. The Morgan fingerprint density at radius 3 is 2.74 bits per heavy atom. The fourth-order valence-corrected chi connectivity index (χ4v) is 2.79. The second-order valence-electron chi connectivity index (χ2n) is 4.69.